The largest absolute Gasteiger partial charge is 0.462 e. The molecule has 0 aromatic heterocycles. The van der Waals surface area contributed by atoms with Crippen LogP contribution in [0.5, 0.6) is 0 Å². The number of aryl methyl sites for hydroxylation is 2. The van der Waals surface area contributed by atoms with Crippen molar-refractivity contribution < 1.29 is 19.1 Å². The van der Waals surface area contributed by atoms with Crippen LogP contribution in [0.1, 0.15) is 50.3 Å². The predicted octanol–water partition coefficient (Wildman–Crippen LogP) is 4.41. The SMILES string of the molecule is CCOC(=O)C1=C(N)N(c2ccc(C)c(C)c2)C2=C(C(=O)CC(C)(C)C2)C12C(=O)N(C)c1ccccc12. The van der Waals surface area contributed by atoms with Crippen LogP contribution in [0.4, 0.5) is 11.4 Å². The van der Waals surface area contributed by atoms with E-state index in [0.717, 1.165) is 16.8 Å². The molecule has 2 aromatic rings. The first-order chi connectivity index (χ1) is 17.5. The third kappa shape index (κ3) is 3.36. The minimum atomic E-state index is -1.67. The van der Waals surface area contributed by atoms with Gasteiger partial charge in [0, 0.05) is 41.7 Å². The second-order valence-electron chi connectivity index (χ2n) is 11.0. The Bertz CT molecular complexity index is 1430. The highest BCUT2D eigenvalue weighted by atomic mass is 16.5. The van der Waals surface area contributed by atoms with Gasteiger partial charge in [-0.1, -0.05) is 38.1 Å². The Balaban J connectivity index is 1.94. The number of fused-ring (bicyclic) bond motifs is 3. The minimum absolute atomic E-state index is 0.00110. The maximum atomic E-state index is 14.3. The highest BCUT2D eigenvalue weighted by molar-refractivity contribution is 6.24. The number of Topliss-reactive ketones (excluding diaryl/α,β-unsaturated/α-hetero) is 1. The van der Waals surface area contributed by atoms with E-state index in [0.29, 0.717) is 28.9 Å². The van der Waals surface area contributed by atoms with Crippen molar-refractivity contribution in [2.45, 2.75) is 52.9 Å². The Morgan fingerprint density at radius 3 is 2.43 bits per heavy atom. The van der Waals surface area contributed by atoms with Crippen molar-refractivity contribution in [3.63, 3.8) is 0 Å². The molecule has 7 nitrogen and oxygen atoms in total. The summed E-state index contributed by atoms with van der Waals surface area (Å²) >= 11 is 0. The highest BCUT2D eigenvalue weighted by Gasteiger charge is 2.64. The van der Waals surface area contributed by atoms with Gasteiger partial charge in [-0.2, -0.15) is 0 Å². The number of likely N-dealkylation sites (N-methyl/N-ethyl adjacent to an activating group) is 1. The van der Waals surface area contributed by atoms with Crippen LogP contribution in [-0.2, 0) is 24.5 Å². The number of benzene rings is 2. The number of nitrogens with zero attached hydrogens (tertiary/aromatic N) is 2. The van der Waals surface area contributed by atoms with Crippen molar-refractivity contribution in [3.05, 3.63) is 81.8 Å². The summed E-state index contributed by atoms with van der Waals surface area (Å²) in [5.41, 5.74) is 10.0. The van der Waals surface area contributed by atoms with Gasteiger partial charge in [-0.25, -0.2) is 4.79 Å². The summed E-state index contributed by atoms with van der Waals surface area (Å²) in [5, 5.41) is 0. The summed E-state index contributed by atoms with van der Waals surface area (Å²) in [4.78, 5) is 45.5. The number of amides is 1. The lowest BCUT2D eigenvalue weighted by Crippen LogP contribution is -2.55. The van der Waals surface area contributed by atoms with Gasteiger partial charge < -0.3 is 15.4 Å². The Morgan fingerprint density at radius 2 is 1.76 bits per heavy atom. The normalized spacial score (nSPS) is 22.5. The van der Waals surface area contributed by atoms with Crippen LogP contribution in [0.25, 0.3) is 0 Å². The maximum Gasteiger partial charge on any atom is 0.339 e. The molecule has 0 fully saturated rings. The van der Waals surface area contributed by atoms with Crippen molar-refractivity contribution in [2.24, 2.45) is 11.1 Å². The number of ketones is 1. The Labute approximate surface area is 217 Å². The second kappa shape index (κ2) is 8.33. The molecule has 37 heavy (non-hydrogen) atoms. The summed E-state index contributed by atoms with van der Waals surface area (Å²) in [6.45, 7) is 9.92. The summed E-state index contributed by atoms with van der Waals surface area (Å²) in [5.74, 6) is -1.12. The molecule has 1 unspecified atom stereocenters. The molecule has 2 aromatic carbocycles. The lowest BCUT2D eigenvalue weighted by Gasteiger charge is -2.47. The molecule has 1 atom stereocenters. The molecule has 2 aliphatic heterocycles. The molecule has 3 aliphatic rings. The summed E-state index contributed by atoms with van der Waals surface area (Å²) in [6, 6.07) is 13.2. The number of nitrogens with two attached hydrogens (primary N) is 1. The Morgan fingerprint density at radius 1 is 1.05 bits per heavy atom. The lowest BCUT2D eigenvalue weighted by molar-refractivity contribution is -0.140. The first kappa shape index (κ1) is 24.8. The summed E-state index contributed by atoms with van der Waals surface area (Å²) < 4.78 is 5.51. The van der Waals surface area contributed by atoms with E-state index in [2.05, 4.69) is 0 Å². The van der Waals surface area contributed by atoms with Gasteiger partial charge in [-0.05, 0) is 61.9 Å². The quantitative estimate of drug-likeness (QED) is 0.629. The number of allylic oxidation sites excluding steroid dienone is 1. The van der Waals surface area contributed by atoms with E-state index in [1.165, 1.54) is 4.90 Å². The van der Waals surface area contributed by atoms with Gasteiger partial charge in [0.15, 0.2) is 5.78 Å². The maximum absolute atomic E-state index is 14.3. The van der Waals surface area contributed by atoms with Crippen molar-refractivity contribution in [1.82, 2.24) is 0 Å². The molecule has 0 saturated heterocycles. The van der Waals surface area contributed by atoms with Crippen LogP contribution < -0.4 is 15.5 Å². The van der Waals surface area contributed by atoms with E-state index in [9.17, 15) is 14.4 Å². The number of para-hydroxylation sites is 1. The zero-order valence-corrected chi connectivity index (χ0v) is 22.3. The fourth-order valence-electron chi connectivity index (χ4n) is 6.14. The van der Waals surface area contributed by atoms with Gasteiger partial charge in [0.25, 0.3) is 0 Å². The number of carbonyl (C=O) groups is 3. The third-order valence-electron chi connectivity index (χ3n) is 7.89. The molecule has 1 spiro atoms. The lowest BCUT2D eigenvalue weighted by atomic mass is 9.60. The topological polar surface area (TPSA) is 92.9 Å². The molecular formula is C30H33N3O4. The van der Waals surface area contributed by atoms with Gasteiger partial charge in [0.2, 0.25) is 5.91 Å². The van der Waals surface area contributed by atoms with Gasteiger partial charge in [-0.3, -0.25) is 14.5 Å². The average molecular weight is 500 g/mol. The average Bonchev–Trinajstić information content (AvgIpc) is 3.03. The number of hydrogen-bond acceptors (Lipinski definition) is 6. The third-order valence-corrected chi connectivity index (χ3v) is 7.89. The number of rotatable bonds is 3. The number of anilines is 2. The Kier molecular flexibility index (Phi) is 5.59. The monoisotopic (exact) mass is 499 g/mol. The predicted molar refractivity (Wildman–Crippen MR) is 143 cm³/mol. The van der Waals surface area contributed by atoms with Crippen LogP contribution in [0.2, 0.25) is 0 Å². The van der Waals surface area contributed by atoms with E-state index in [4.69, 9.17) is 10.5 Å². The number of esters is 1. The minimum Gasteiger partial charge on any atom is -0.462 e. The standard InChI is InChI=1S/C30H33N3O4/c1-7-37-27(35)25-26(31)33(19-13-12-17(2)18(3)14-19)22-15-29(4,5)16-23(34)24(22)30(25)20-10-8-9-11-21(20)32(6)28(30)36/h8-14H,7,15-16,31H2,1-6H3. The molecule has 5 rings (SSSR count). The first-order valence-electron chi connectivity index (χ1n) is 12.6. The van der Waals surface area contributed by atoms with Gasteiger partial charge in [-0.15, -0.1) is 0 Å². The van der Waals surface area contributed by atoms with Crippen molar-refractivity contribution >= 4 is 29.0 Å². The summed E-state index contributed by atoms with van der Waals surface area (Å²) in [6.07, 6.45) is 0.766. The van der Waals surface area contributed by atoms with E-state index in [-0.39, 0.29) is 41.5 Å². The molecule has 2 N–H and O–H groups in total. The van der Waals surface area contributed by atoms with Crippen LogP contribution in [0, 0.1) is 19.3 Å². The molecule has 1 aliphatic carbocycles. The van der Waals surface area contributed by atoms with Crippen LogP contribution >= 0.6 is 0 Å². The fraction of sp³-hybridized carbons (Fsp3) is 0.367. The Hall–Kier alpha value is -3.87. The van der Waals surface area contributed by atoms with E-state index < -0.39 is 11.4 Å². The zero-order valence-electron chi connectivity index (χ0n) is 22.3. The van der Waals surface area contributed by atoms with E-state index in [1.807, 2.05) is 70.2 Å². The van der Waals surface area contributed by atoms with Gasteiger partial charge >= 0.3 is 5.97 Å². The highest BCUT2D eigenvalue weighted by Crippen LogP contribution is 2.58. The molecule has 1 amide bonds. The van der Waals surface area contributed by atoms with Crippen molar-refractivity contribution in [1.29, 1.82) is 0 Å². The molecule has 192 valence electrons. The number of carbonyl (C=O) groups excluding carboxylic acids is 3. The van der Waals surface area contributed by atoms with Gasteiger partial charge in [0.1, 0.15) is 16.8 Å². The molecule has 0 radical (unpaired) electrons. The molecular weight excluding hydrogens is 466 g/mol. The number of ether oxygens (including phenoxy) is 1. The fourth-order valence-corrected chi connectivity index (χ4v) is 6.14. The summed E-state index contributed by atoms with van der Waals surface area (Å²) in [7, 11) is 1.67. The number of hydrogen-bond donors (Lipinski definition) is 1. The van der Waals surface area contributed by atoms with Crippen LogP contribution in [0.3, 0.4) is 0 Å². The smallest absolute Gasteiger partial charge is 0.339 e. The van der Waals surface area contributed by atoms with Crippen LogP contribution in [-0.4, -0.2) is 31.3 Å². The molecule has 0 bridgehead atoms. The molecule has 7 heteroatoms. The first-order valence-corrected chi connectivity index (χ1v) is 12.6. The van der Waals surface area contributed by atoms with Crippen molar-refractivity contribution in [2.75, 3.05) is 23.5 Å². The second-order valence-corrected chi connectivity index (χ2v) is 11.0. The zero-order chi connectivity index (χ0) is 26.9. The van der Waals surface area contributed by atoms with E-state index >= 15 is 0 Å². The van der Waals surface area contributed by atoms with Crippen molar-refractivity contribution in [3.8, 4) is 0 Å². The molecule has 0 saturated carbocycles. The van der Waals surface area contributed by atoms with E-state index in [1.54, 1.807) is 18.9 Å². The molecule has 2 heterocycles. The van der Waals surface area contributed by atoms with Crippen LogP contribution in [0.15, 0.2) is 65.1 Å². The van der Waals surface area contributed by atoms with Gasteiger partial charge in [0.05, 0.1) is 6.61 Å².